The van der Waals surface area contributed by atoms with Crippen LogP contribution in [0.2, 0.25) is 0 Å². The van der Waals surface area contributed by atoms with Gasteiger partial charge in [-0.1, -0.05) is 12.1 Å². The van der Waals surface area contributed by atoms with Crippen molar-refractivity contribution in [1.29, 1.82) is 0 Å². The summed E-state index contributed by atoms with van der Waals surface area (Å²) >= 11 is 0. The lowest BCUT2D eigenvalue weighted by molar-refractivity contribution is -0.0440. The van der Waals surface area contributed by atoms with Gasteiger partial charge in [0.25, 0.3) is 0 Å². The van der Waals surface area contributed by atoms with Gasteiger partial charge in [-0.25, -0.2) is 8.42 Å². The summed E-state index contributed by atoms with van der Waals surface area (Å²) in [5, 5.41) is 0. The van der Waals surface area contributed by atoms with E-state index in [9.17, 15) is 8.42 Å². The summed E-state index contributed by atoms with van der Waals surface area (Å²) in [6.07, 6.45) is -0.132. The summed E-state index contributed by atoms with van der Waals surface area (Å²) in [4.78, 5) is 0.411. The van der Waals surface area contributed by atoms with Gasteiger partial charge in [0.05, 0.1) is 17.1 Å². The van der Waals surface area contributed by atoms with Gasteiger partial charge < -0.3 is 4.74 Å². The monoisotopic (exact) mass is 283 g/mol. The van der Waals surface area contributed by atoms with Crippen molar-refractivity contribution in [3.05, 3.63) is 29.3 Å². The van der Waals surface area contributed by atoms with Gasteiger partial charge >= 0.3 is 0 Å². The number of hydrogen-bond acceptors (Lipinski definition) is 3. The molecular weight excluding hydrogens is 262 g/mol. The molecule has 1 fully saturated rings. The maximum absolute atomic E-state index is 12.7. The van der Waals surface area contributed by atoms with E-state index in [0.717, 1.165) is 11.1 Å². The summed E-state index contributed by atoms with van der Waals surface area (Å²) in [5.74, 6) is 0. The van der Waals surface area contributed by atoms with Crippen molar-refractivity contribution in [3.8, 4) is 0 Å². The first kappa shape index (κ1) is 14.5. The highest BCUT2D eigenvalue weighted by Gasteiger charge is 2.32. The first-order valence-electron chi connectivity index (χ1n) is 6.53. The third-order valence-corrected chi connectivity index (χ3v) is 5.32. The summed E-state index contributed by atoms with van der Waals surface area (Å²) in [6, 6.07) is 5.53. The van der Waals surface area contributed by atoms with Crippen LogP contribution >= 0.6 is 0 Å². The van der Waals surface area contributed by atoms with Crippen molar-refractivity contribution in [2.45, 2.75) is 44.8 Å². The number of morpholine rings is 1. The summed E-state index contributed by atoms with van der Waals surface area (Å²) in [5.41, 5.74) is 1.75. The zero-order valence-corrected chi connectivity index (χ0v) is 12.7. The highest BCUT2D eigenvalue weighted by Crippen LogP contribution is 2.24. The molecule has 1 saturated heterocycles. The van der Waals surface area contributed by atoms with E-state index < -0.39 is 10.0 Å². The second-order valence-corrected chi connectivity index (χ2v) is 7.25. The molecule has 0 amide bonds. The molecule has 1 aromatic rings. The van der Waals surface area contributed by atoms with E-state index in [1.165, 1.54) is 4.31 Å². The number of rotatable bonds is 2. The quantitative estimate of drug-likeness (QED) is 0.835. The summed E-state index contributed by atoms with van der Waals surface area (Å²) in [6.45, 7) is 8.38. The lowest BCUT2D eigenvalue weighted by Crippen LogP contribution is -2.48. The molecule has 0 N–H and O–H groups in total. The molecule has 5 heteroatoms. The van der Waals surface area contributed by atoms with E-state index in [0.29, 0.717) is 18.0 Å². The molecule has 1 aliphatic heterocycles. The molecule has 0 spiro atoms. The molecule has 0 aliphatic carbocycles. The second kappa shape index (κ2) is 5.23. The fourth-order valence-electron chi connectivity index (χ4n) is 2.45. The van der Waals surface area contributed by atoms with E-state index in [1.54, 1.807) is 6.07 Å². The van der Waals surface area contributed by atoms with Crippen LogP contribution in [0.1, 0.15) is 25.0 Å². The highest BCUT2D eigenvalue weighted by molar-refractivity contribution is 7.89. The minimum absolute atomic E-state index is 0.0661. The van der Waals surface area contributed by atoms with Gasteiger partial charge in [0, 0.05) is 13.1 Å². The van der Waals surface area contributed by atoms with Crippen LogP contribution in [-0.4, -0.2) is 38.0 Å². The van der Waals surface area contributed by atoms with Crippen LogP contribution in [0.5, 0.6) is 0 Å². The predicted molar refractivity (Wildman–Crippen MR) is 74.7 cm³/mol. The van der Waals surface area contributed by atoms with Gasteiger partial charge in [-0.3, -0.25) is 0 Å². The Labute approximate surface area is 115 Å². The van der Waals surface area contributed by atoms with Crippen LogP contribution in [-0.2, 0) is 14.8 Å². The standard InChI is InChI=1S/C14H21NO3S/c1-10-5-6-11(2)14(7-10)19(16,17)15-8-12(3)18-13(4)9-15/h5-7,12-13H,8-9H2,1-4H3/t12-,13-/m1/s1. The lowest BCUT2D eigenvalue weighted by Gasteiger charge is -2.34. The predicted octanol–water partition coefficient (Wildman–Crippen LogP) is 2.10. The lowest BCUT2D eigenvalue weighted by atomic mass is 10.2. The third kappa shape index (κ3) is 2.99. The first-order valence-corrected chi connectivity index (χ1v) is 7.97. The van der Waals surface area contributed by atoms with Gasteiger partial charge in [-0.05, 0) is 44.9 Å². The van der Waals surface area contributed by atoms with Crippen molar-refractivity contribution in [2.24, 2.45) is 0 Å². The van der Waals surface area contributed by atoms with Gasteiger partial charge in [0.1, 0.15) is 0 Å². The minimum Gasteiger partial charge on any atom is -0.373 e. The van der Waals surface area contributed by atoms with Crippen molar-refractivity contribution >= 4 is 10.0 Å². The topological polar surface area (TPSA) is 46.6 Å². The average Bonchev–Trinajstić information content (AvgIpc) is 2.31. The molecule has 1 aliphatic rings. The Morgan fingerprint density at radius 2 is 1.74 bits per heavy atom. The SMILES string of the molecule is Cc1ccc(C)c(S(=O)(=O)N2C[C@@H](C)O[C@H](C)C2)c1. The number of benzene rings is 1. The Hall–Kier alpha value is -0.910. The number of sulfonamides is 1. The van der Waals surface area contributed by atoms with Crippen LogP contribution in [0.4, 0.5) is 0 Å². The van der Waals surface area contributed by atoms with E-state index in [-0.39, 0.29) is 12.2 Å². The maximum Gasteiger partial charge on any atom is 0.243 e. The highest BCUT2D eigenvalue weighted by atomic mass is 32.2. The molecule has 0 bridgehead atoms. The third-order valence-electron chi connectivity index (χ3n) is 3.35. The average molecular weight is 283 g/mol. The molecular formula is C14H21NO3S. The van der Waals surface area contributed by atoms with Crippen LogP contribution < -0.4 is 0 Å². The zero-order chi connectivity index (χ0) is 14.2. The maximum atomic E-state index is 12.7. The van der Waals surface area contributed by atoms with Crippen LogP contribution in [0.15, 0.2) is 23.1 Å². The molecule has 4 nitrogen and oxygen atoms in total. The molecule has 0 aromatic heterocycles. The van der Waals surface area contributed by atoms with Crippen LogP contribution in [0.3, 0.4) is 0 Å². The smallest absolute Gasteiger partial charge is 0.243 e. The fraction of sp³-hybridized carbons (Fsp3) is 0.571. The second-order valence-electron chi connectivity index (χ2n) is 5.35. The van der Waals surface area contributed by atoms with Crippen LogP contribution in [0.25, 0.3) is 0 Å². The molecule has 2 rings (SSSR count). The molecule has 2 atom stereocenters. The Bertz CT molecular complexity index is 558. The van der Waals surface area contributed by atoms with Gasteiger partial charge in [0.2, 0.25) is 10.0 Å². The van der Waals surface area contributed by atoms with Crippen molar-refractivity contribution in [3.63, 3.8) is 0 Å². The molecule has 19 heavy (non-hydrogen) atoms. The number of aryl methyl sites for hydroxylation is 2. The Kier molecular flexibility index (Phi) is 3.99. The first-order chi connectivity index (χ1) is 8.80. The van der Waals surface area contributed by atoms with Crippen molar-refractivity contribution in [2.75, 3.05) is 13.1 Å². The largest absolute Gasteiger partial charge is 0.373 e. The zero-order valence-electron chi connectivity index (χ0n) is 11.9. The Morgan fingerprint density at radius 3 is 2.32 bits per heavy atom. The molecule has 0 radical (unpaired) electrons. The molecule has 1 aromatic carbocycles. The molecule has 0 saturated carbocycles. The minimum atomic E-state index is -3.43. The van der Waals surface area contributed by atoms with E-state index in [1.807, 2.05) is 39.8 Å². The molecule has 0 unspecified atom stereocenters. The van der Waals surface area contributed by atoms with E-state index in [4.69, 9.17) is 4.74 Å². The Balaban J connectivity index is 2.39. The summed E-state index contributed by atoms with van der Waals surface area (Å²) in [7, 11) is -3.43. The van der Waals surface area contributed by atoms with Gasteiger partial charge in [-0.15, -0.1) is 0 Å². The molecule has 1 heterocycles. The fourth-order valence-corrected chi connectivity index (χ4v) is 4.35. The Morgan fingerprint density at radius 1 is 1.16 bits per heavy atom. The van der Waals surface area contributed by atoms with Gasteiger partial charge in [-0.2, -0.15) is 4.31 Å². The summed E-state index contributed by atoms with van der Waals surface area (Å²) < 4.78 is 32.6. The van der Waals surface area contributed by atoms with Crippen LogP contribution in [0, 0.1) is 13.8 Å². The number of nitrogens with zero attached hydrogens (tertiary/aromatic N) is 1. The van der Waals surface area contributed by atoms with Crippen molar-refractivity contribution in [1.82, 2.24) is 4.31 Å². The molecule has 106 valence electrons. The van der Waals surface area contributed by atoms with E-state index in [2.05, 4.69) is 0 Å². The van der Waals surface area contributed by atoms with Gasteiger partial charge in [0.15, 0.2) is 0 Å². The van der Waals surface area contributed by atoms with Crippen molar-refractivity contribution < 1.29 is 13.2 Å². The number of hydrogen-bond donors (Lipinski definition) is 0. The normalized spacial score (nSPS) is 25.5. The van der Waals surface area contributed by atoms with E-state index >= 15 is 0 Å². The number of ether oxygens (including phenoxy) is 1.